The predicted molar refractivity (Wildman–Crippen MR) is 61.8 cm³/mol. The fourth-order valence-corrected chi connectivity index (χ4v) is 0.707. The van der Waals surface area contributed by atoms with Gasteiger partial charge in [0.25, 0.3) is 0 Å². The van der Waals surface area contributed by atoms with E-state index in [1.165, 1.54) is 0 Å². The Hall–Kier alpha value is -1.80. The lowest BCUT2D eigenvalue weighted by Crippen LogP contribution is -2.22. The van der Waals surface area contributed by atoms with Crippen molar-refractivity contribution in [2.75, 3.05) is 6.54 Å². The molecule has 0 aromatic heterocycles. The summed E-state index contributed by atoms with van der Waals surface area (Å²) in [6, 6.07) is -0.624. The summed E-state index contributed by atoms with van der Waals surface area (Å²) in [6.07, 6.45) is 0.656. The first-order valence-electron chi connectivity index (χ1n) is 5.19. The smallest absolute Gasteiger partial charge is 0.303 e. The normalized spacial score (nSPS) is 10.8. The van der Waals surface area contributed by atoms with Crippen LogP contribution in [0.1, 0.15) is 25.7 Å². The summed E-state index contributed by atoms with van der Waals surface area (Å²) in [5.41, 5.74) is 10.0. The number of carbonyl (C=O) groups excluding carboxylic acids is 2. The molecule has 0 saturated carbocycles. The number of rotatable bonds is 8. The molecule has 0 aliphatic carbocycles. The van der Waals surface area contributed by atoms with Gasteiger partial charge in [0, 0.05) is 12.8 Å². The van der Waals surface area contributed by atoms with E-state index in [9.17, 15) is 19.2 Å². The van der Waals surface area contributed by atoms with Gasteiger partial charge in [-0.25, -0.2) is 0 Å². The first-order chi connectivity index (χ1) is 8.33. The van der Waals surface area contributed by atoms with E-state index in [-0.39, 0.29) is 38.0 Å². The molecule has 0 amide bonds. The zero-order valence-corrected chi connectivity index (χ0v) is 9.87. The molecule has 0 aliphatic rings. The SMILES string of the molecule is NC(C=O)CCC(=O)O.NCC(=O)CCC(=O)O. The molecule has 0 saturated heterocycles. The largest absolute Gasteiger partial charge is 0.481 e. The van der Waals surface area contributed by atoms with Gasteiger partial charge < -0.3 is 26.5 Å². The Labute approximate surface area is 104 Å². The van der Waals surface area contributed by atoms with Crippen LogP contribution in [0.3, 0.4) is 0 Å². The third kappa shape index (κ3) is 16.6. The van der Waals surface area contributed by atoms with Crippen LogP contribution in [0.15, 0.2) is 0 Å². The summed E-state index contributed by atoms with van der Waals surface area (Å²) in [4.78, 5) is 39.8. The minimum absolute atomic E-state index is 0.0418. The zero-order chi connectivity index (χ0) is 14.6. The molecule has 0 bridgehead atoms. The van der Waals surface area contributed by atoms with Gasteiger partial charge in [-0.3, -0.25) is 14.4 Å². The molecule has 6 N–H and O–H groups in total. The number of ketones is 1. The van der Waals surface area contributed by atoms with Crippen molar-refractivity contribution in [1.82, 2.24) is 0 Å². The van der Waals surface area contributed by atoms with Crippen molar-refractivity contribution in [3.05, 3.63) is 0 Å². The lowest BCUT2D eigenvalue weighted by Gasteiger charge is -1.97. The number of nitrogens with two attached hydrogens (primary N) is 2. The summed E-state index contributed by atoms with van der Waals surface area (Å²) >= 11 is 0. The van der Waals surface area contributed by atoms with E-state index in [0.717, 1.165) is 0 Å². The van der Waals surface area contributed by atoms with E-state index in [2.05, 4.69) is 0 Å². The van der Waals surface area contributed by atoms with Crippen LogP contribution in [0.4, 0.5) is 0 Å². The van der Waals surface area contributed by atoms with Crippen LogP contribution >= 0.6 is 0 Å². The number of aldehydes is 1. The van der Waals surface area contributed by atoms with Gasteiger partial charge in [-0.2, -0.15) is 0 Å². The summed E-state index contributed by atoms with van der Waals surface area (Å²) < 4.78 is 0. The van der Waals surface area contributed by atoms with Gasteiger partial charge in [-0.1, -0.05) is 0 Å². The standard InChI is InChI=1S/2C5H9NO3/c6-4(3-7)1-2-5(8)9;6-3-4(7)1-2-5(8)9/h3-4H,1-2,6H2,(H,8,9);1-3,6H2,(H,8,9). The van der Waals surface area contributed by atoms with E-state index in [4.69, 9.17) is 21.7 Å². The Balaban J connectivity index is 0. The molecule has 0 aliphatic heterocycles. The highest BCUT2D eigenvalue weighted by molar-refractivity contribution is 5.83. The topological polar surface area (TPSA) is 161 Å². The lowest BCUT2D eigenvalue weighted by atomic mass is 10.2. The van der Waals surface area contributed by atoms with Gasteiger partial charge in [-0.15, -0.1) is 0 Å². The summed E-state index contributed by atoms with van der Waals surface area (Å²) in [5, 5.41) is 16.2. The number of Topliss-reactive ketones (excluding diaryl/α,β-unsaturated/α-hetero) is 1. The number of carbonyl (C=O) groups is 4. The maximum absolute atomic E-state index is 10.3. The zero-order valence-electron chi connectivity index (χ0n) is 9.87. The van der Waals surface area contributed by atoms with E-state index in [1.807, 2.05) is 0 Å². The highest BCUT2D eigenvalue weighted by Gasteiger charge is 2.02. The molecule has 1 unspecified atom stereocenters. The average Bonchev–Trinajstić information content (AvgIpc) is 2.33. The van der Waals surface area contributed by atoms with E-state index >= 15 is 0 Å². The van der Waals surface area contributed by atoms with Gasteiger partial charge in [0.1, 0.15) is 12.1 Å². The Morgan fingerprint density at radius 3 is 1.89 bits per heavy atom. The first kappa shape index (κ1) is 18.6. The van der Waals surface area contributed by atoms with Crippen LogP contribution in [0.2, 0.25) is 0 Å². The van der Waals surface area contributed by atoms with Crippen molar-refractivity contribution in [1.29, 1.82) is 0 Å². The van der Waals surface area contributed by atoms with Crippen molar-refractivity contribution < 1.29 is 29.4 Å². The number of carboxylic acid groups (broad SMARTS) is 2. The summed E-state index contributed by atoms with van der Waals surface area (Å²) in [7, 11) is 0. The Morgan fingerprint density at radius 2 is 1.56 bits per heavy atom. The molecule has 18 heavy (non-hydrogen) atoms. The second-order valence-corrected chi connectivity index (χ2v) is 3.37. The Morgan fingerprint density at radius 1 is 1.06 bits per heavy atom. The minimum atomic E-state index is -0.961. The summed E-state index contributed by atoms with van der Waals surface area (Å²) in [6.45, 7) is -0.0622. The van der Waals surface area contributed by atoms with Crippen LogP contribution in [0, 0.1) is 0 Å². The van der Waals surface area contributed by atoms with Crippen LogP contribution in [0.25, 0.3) is 0 Å². The second kappa shape index (κ2) is 11.7. The predicted octanol–water partition coefficient (Wildman–Crippen LogP) is -1.24. The molecule has 0 radical (unpaired) electrons. The van der Waals surface area contributed by atoms with Crippen LogP contribution in [0.5, 0.6) is 0 Å². The minimum Gasteiger partial charge on any atom is -0.481 e. The fourth-order valence-electron chi connectivity index (χ4n) is 0.707. The van der Waals surface area contributed by atoms with Gasteiger partial charge in [0.15, 0.2) is 0 Å². The van der Waals surface area contributed by atoms with Gasteiger partial charge >= 0.3 is 11.9 Å². The quantitative estimate of drug-likeness (QED) is 0.395. The highest BCUT2D eigenvalue weighted by atomic mass is 16.4. The fraction of sp³-hybridized carbons (Fsp3) is 0.600. The molecule has 0 aromatic carbocycles. The maximum atomic E-state index is 10.3. The lowest BCUT2D eigenvalue weighted by molar-refractivity contribution is -0.138. The molecule has 8 heteroatoms. The number of carboxylic acids is 2. The van der Waals surface area contributed by atoms with Crippen LogP contribution < -0.4 is 11.5 Å². The van der Waals surface area contributed by atoms with Crippen LogP contribution in [-0.2, 0) is 19.2 Å². The van der Waals surface area contributed by atoms with Crippen molar-refractivity contribution in [2.45, 2.75) is 31.7 Å². The molecule has 0 aromatic rings. The van der Waals surface area contributed by atoms with Crippen molar-refractivity contribution in [2.24, 2.45) is 11.5 Å². The summed E-state index contributed by atoms with van der Waals surface area (Å²) in [5.74, 6) is -2.10. The average molecular weight is 262 g/mol. The molecule has 1 atom stereocenters. The number of aliphatic carboxylic acids is 2. The maximum Gasteiger partial charge on any atom is 0.303 e. The van der Waals surface area contributed by atoms with Crippen molar-refractivity contribution >= 4 is 24.0 Å². The second-order valence-electron chi connectivity index (χ2n) is 3.37. The van der Waals surface area contributed by atoms with E-state index in [0.29, 0.717) is 6.29 Å². The van der Waals surface area contributed by atoms with Gasteiger partial charge in [0.05, 0.1) is 19.0 Å². The molecule has 8 nitrogen and oxygen atoms in total. The van der Waals surface area contributed by atoms with Crippen molar-refractivity contribution in [3.8, 4) is 0 Å². The van der Waals surface area contributed by atoms with E-state index < -0.39 is 18.0 Å². The number of hydrogen-bond donors (Lipinski definition) is 4. The molecule has 104 valence electrons. The Kier molecular flexibility index (Phi) is 12.0. The monoisotopic (exact) mass is 262 g/mol. The molecular formula is C10H18N2O6. The molecule has 0 heterocycles. The Bertz CT molecular complexity index is 292. The molecule has 0 fully saturated rings. The van der Waals surface area contributed by atoms with E-state index in [1.54, 1.807) is 0 Å². The van der Waals surface area contributed by atoms with Gasteiger partial charge in [0.2, 0.25) is 0 Å². The third-order valence-electron chi connectivity index (χ3n) is 1.71. The first-order valence-corrected chi connectivity index (χ1v) is 5.19. The molecular weight excluding hydrogens is 244 g/mol. The molecule has 0 rings (SSSR count). The van der Waals surface area contributed by atoms with Crippen molar-refractivity contribution in [3.63, 3.8) is 0 Å². The van der Waals surface area contributed by atoms with Crippen LogP contribution in [-0.4, -0.2) is 46.8 Å². The van der Waals surface area contributed by atoms with Gasteiger partial charge in [-0.05, 0) is 6.42 Å². The third-order valence-corrected chi connectivity index (χ3v) is 1.71. The molecule has 0 spiro atoms. The highest BCUT2D eigenvalue weighted by Crippen LogP contribution is 1.90. The number of hydrogen-bond acceptors (Lipinski definition) is 6.